The van der Waals surface area contributed by atoms with E-state index in [2.05, 4.69) is 44.7 Å². The summed E-state index contributed by atoms with van der Waals surface area (Å²) >= 11 is 6.12. The average Bonchev–Trinajstić information content (AvgIpc) is 3.68. The van der Waals surface area contributed by atoms with Crippen LogP contribution in [0.2, 0.25) is 5.15 Å². The molecule has 0 radical (unpaired) electrons. The van der Waals surface area contributed by atoms with E-state index in [1.807, 2.05) is 55.4 Å². The number of amides is 3. The van der Waals surface area contributed by atoms with Gasteiger partial charge in [0.1, 0.15) is 48.0 Å². The number of rotatable bonds is 15. The molecule has 17 heteroatoms. The molecule has 0 spiro atoms. The first-order valence-corrected chi connectivity index (χ1v) is 25.1. The molecule has 13 nitrogen and oxygen atoms in total. The summed E-state index contributed by atoms with van der Waals surface area (Å²) in [5.74, 6) is -0.898. The van der Waals surface area contributed by atoms with Gasteiger partial charge < -0.3 is 30.2 Å². The largest absolute Gasteiger partial charge is 0.474 e. The number of benzene rings is 3. The molecule has 4 N–H and O–H groups in total. The molecule has 1 aliphatic rings. The van der Waals surface area contributed by atoms with Crippen LogP contribution in [0.1, 0.15) is 136 Å². The lowest BCUT2D eigenvalue weighted by atomic mass is 9.87. The Morgan fingerprint density at radius 3 is 1.60 bits per heavy atom. The van der Waals surface area contributed by atoms with Crippen molar-refractivity contribution < 1.29 is 41.8 Å². The molecule has 3 atom stereocenters. The molecule has 1 fully saturated rings. The molecule has 0 bridgehead atoms. The Morgan fingerprint density at radius 2 is 1.16 bits per heavy atom. The number of carbonyl (C=O) groups excluding carboxylic acids is 3. The van der Waals surface area contributed by atoms with Gasteiger partial charge >= 0.3 is 0 Å². The highest BCUT2D eigenvalue weighted by Crippen LogP contribution is 2.37. The number of pyridine rings is 3. The molecule has 0 aliphatic heterocycles. The van der Waals surface area contributed by atoms with Crippen molar-refractivity contribution >= 4 is 29.3 Å². The molecule has 6 aromatic rings. The number of ether oxygens (including phenoxy) is 3. The number of halogens is 4. The Morgan fingerprint density at radius 1 is 0.680 bits per heavy atom. The zero-order valence-electron chi connectivity index (χ0n) is 44.2. The minimum absolute atomic E-state index is 0.0224. The number of aromatic nitrogens is 3. The molecule has 1 saturated carbocycles. The second-order valence-corrected chi connectivity index (χ2v) is 21.6. The highest BCUT2D eigenvalue weighted by molar-refractivity contribution is 6.32. The summed E-state index contributed by atoms with van der Waals surface area (Å²) < 4.78 is 55.9. The van der Waals surface area contributed by atoms with Crippen LogP contribution in [-0.4, -0.2) is 50.8 Å². The molecule has 400 valence electrons. The van der Waals surface area contributed by atoms with Crippen LogP contribution in [-0.2, 0) is 19.8 Å². The molecule has 3 heterocycles. The van der Waals surface area contributed by atoms with Crippen molar-refractivity contribution in [2.45, 2.75) is 126 Å². The van der Waals surface area contributed by atoms with Gasteiger partial charge in [-0.15, -0.1) is 0 Å². The number of hydrogen-bond acceptors (Lipinski definition) is 9. The lowest BCUT2D eigenvalue weighted by Crippen LogP contribution is -2.43. The van der Waals surface area contributed by atoms with E-state index in [0.29, 0.717) is 22.6 Å². The van der Waals surface area contributed by atoms with Gasteiger partial charge in [0.05, 0.1) is 11.1 Å². The van der Waals surface area contributed by atoms with Crippen molar-refractivity contribution in [1.29, 1.82) is 0 Å². The van der Waals surface area contributed by atoms with E-state index in [0.717, 1.165) is 24.8 Å². The van der Waals surface area contributed by atoms with E-state index < -0.39 is 11.5 Å². The third-order valence-electron chi connectivity index (χ3n) is 12.9. The summed E-state index contributed by atoms with van der Waals surface area (Å²) in [5.41, 5.74) is 2.30. The Kier molecular flexibility index (Phi) is 20.6. The van der Waals surface area contributed by atoms with Crippen LogP contribution in [0, 0.1) is 33.7 Å². The predicted molar refractivity (Wildman–Crippen MR) is 284 cm³/mol. The van der Waals surface area contributed by atoms with E-state index >= 15 is 0 Å². The highest BCUT2D eigenvalue weighted by atomic mass is 35.5. The summed E-state index contributed by atoms with van der Waals surface area (Å²) in [6.07, 6.45) is 4.80. The van der Waals surface area contributed by atoms with Gasteiger partial charge in [0.25, 0.3) is 23.3 Å². The lowest BCUT2D eigenvalue weighted by molar-refractivity contribution is 0.0901. The normalized spacial score (nSPS) is 14.6. The molecule has 3 aromatic heterocycles. The van der Waals surface area contributed by atoms with Crippen LogP contribution < -0.4 is 35.7 Å². The van der Waals surface area contributed by atoms with E-state index in [4.69, 9.17) is 25.8 Å². The van der Waals surface area contributed by atoms with Crippen LogP contribution >= 0.6 is 11.6 Å². The molecule has 7 rings (SSSR count). The number of aromatic amines is 1. The summed E-state index contributed by atoms with van der Waals surface area (Å²) in [6.45, 7) is 20.9. The molecule has 3 amide bonds. The average molecular weight is 1050 g/mol. The lowest BCUT2D eigenvalue weighted by Gasteiger charge is -2.28. The van der Waals surface area contributed by atoms with Gasteiger partial charge in [0, 0.05) is 36.5 Å². The maximum absolute atomic E-state index is 13.2. The highest BCUT2D eigenvalue weighted by Gasteiger charge is 2.35. The molecule has 0 saturated heterocycles. The van der Waals surface area contributed by atoms with Crippen LogP contribution in [0.15, 0.2) is 120 Å². The van der Waals surface area contributed by atoms with Crippen LogP contribution in [0.5, 0.6) is 17.6 Å². The summed E-state index contributed by atoms with van der Waals surface area (Å²) in [5, 5.41) is 8.91. The smallest absolute Gasteiger partial charge is 0.263 e. The second-order valence-electron chi connectivity index (χ2n) is 21.2. The molecular weight excluding hydrogens is 985 g/mol. The van der Waals surface area contributed by atoms with Crippen molar-refractivity contribution in [3.05, 3.63) is 182 Å². The van der Waals surface area contributed by atoms with Crippen molar-refractivity contribution in [1.82, 2.24) is 30.9 Å². The predicted octanol–water partition coefficient (Wildman–Crippen LogP) is 12.0. The maximum atomic E-state index is 13.2. The fourth-order valence-electron chi connectivity index (χ4n) is 7.16. The number of nitrogens with zero attached hydrogens (tertiary/aromatic N) is 2. The van der Waals surface area contributed by atoms with Gasteiger partial charge in [-0.25, -0.2) is 23.1 Å². The van der Waals surface area contributed by atoms with Crippen LogP contribution in [0.25, 0.3) is 0 Å². The quantitative estimate of drug-likeness (QED) is 0.0730. The molecule has 1 aliphatic carbocycles. The molecule has 3 aromatic carbocycles. The zero-order chi connectivity index (χ0) is 55.1. The van der Waals surface area contributed by atoms with Gasteiger partial charge in [-0.3, -0.25) is 24.2 Å². The zero-order valence-corrected chi connectivity index (χ0v) is 45.0. The first-order valence-electron chi connectivity index (χ1n) is 24.7. The Bertz CT molecular complexity index is 2940. The van der Waals surface area contributed by atoms with Crippen molar-refractivity contribution in [2.24, 2.45) is 16.2 Å². The van der Waals surface area contributed by atoms with Gasteiger partial charge in [0.15, 0.2) is 5.88 Å². The van der Waals surface area contributed by atoms with Crippen LogP contribution in [0.4, 0.5) is 13.2 Å². The fourth-order valence-corrected chi connectivity index (χ4v) is 7.39. The number of carbonyl (C=O) groups is 3. The van der Waals surface area contributed by atoms with Crippen molar-refractivity contribution in [2.75, 3.05) is 0 Å². The minimum Gasteiger partial charge on any atom is -0.474 e. The third-order valence-corrected chi connectivity index (χ3v) is 13.2. The summed E-state index contributed by atoms with van der Waals surface area (Å²) in [6, 6.07) is 27.9. The Balaban J connectivity index is 0.000000208. The Hall–Kier alpha value is -7.20. The molecule has 0 unspecified atom stereocenters. The first-order chi connectivity index (χ1) is 35.3. The molecular formula is C58H68ClF3N6O7. The Labute approximate surface area is 442 Å². The van der Waals surface area contributed by atoms with Gasteiger partial charge in [0.2, 0.25) is 11.8 Å². The minimum atomic E-state index is -0.532. The topological polar surface area (TPSA) is 174 Å². The number of nitrogens with one attached hydrogen (secondary N) is 4. The second kappa shape index (κ2) is 26.3. The van der Waals surface area contributed by atoms with Crippen molar-refractivity contribution in [3.8, 4) is 17.6 Å². The number of hydrogen-bond donors (Lipinski definition) is 4. The first kappa shape index (κ1) is 58.7. The molecule has 75 heavy (non-hydrogen) atoms. The van der Waals surface area contributed by atoms with E-state index in [1.165, 1.54) is 54.7 Å². The van der Waals surface area contributed by atoms with Gasteiger partial charge in [-0.05, 0) is 120 Å². The standard InChI is InChI=1S/C20H23FN2O2.C19H22ClFN2O2.C19H23FN2O3/c1-20(2)10-4-7-17(20)23-19(24)15-8-9-18(22-12-15)25-13-14-5-3-6-16(21)11-14;1-12(19(2,3)4)22-18(24)15-8-9-16(23-17(15)20)25-11-13-6-5-7-14(21)10-13;1-12(19(2,3)4)21-17(23)15-8-9-16(22-18(15)24)25-11-13-6-5-7-14(20)10-13/h3,5-6,8-9,11-12,17H,4,7,10,13H2,1-2H3,(H,23,24);5-10,12H,11H2,1-4H3,(H,22,24);5-10,12H,11H2,1-4H3,(H,21,23)(H,22,24)/t17-;2*12-/m001/s1. The maximum Gasteiger partial charge on any atom is 0.263 e. The van der Waals surface area contributed by atoms with Crippen molar-refractivity contribution in [3.63, 3.8) is 0 Å². The SMILES string of the molecule is CC1(C)CCC[C@@H]1NC(=O)c1ccc(OCc2cccc(F)c2)nc1.C[C@@H](NC(=O)c1ccc(OCc2cccc(F)c2)[nH]c1=O)C(C)(C)C.C[C@H](NC(=O)c1ccc(OCc2cccc(F)c2)nc1Cl)C(C)(C)C. The van der Waals surface area contributed by atoms with Gasteiger partial charge in [-0.2, -0.15) is 0 Å². The van der Waals surface area contributed by atoms with Gasteiger partial charge in [-0.1, -0.05) is 110 Å². The summed E-state index contributed by atoms with van der Waals surface area (Å²) in [4.78, 5) is 59.9. The van der Waals surface area contributed by atoms with E-state index in [-0.39, 0.29) is 111 Å². The monoisotopic (exact) mass is 1050 g/mol. The van der Waals surface area contributed by atoms with Crippen LogP contribution in [0.3, 0.4) is 0 Å². The van der Waals surface area contributed by atoms with E-state index in [1.54, 1.807) is 60.7 Å². The van der Waals surface area contributed by atoms with E-state index in [9.17, 15) is 32.3 Å². The fraction of sp³-hybridized carbons (Fsp3) is 0.379. The summed E-state index contributed by atoms with van der Waals surface area (Å²) in [7, 11) is 0. The number of H-pyrrole nitrogens is 1. The third kappa shape index (κ3) is 18.6.